The fourth-order valence-electron chi connectivity index (χ4n) is 3.19. The molecule has 1 saturated carbocycles. The summed E-state index contributed by atoms with van der Waals surface area (Å²) in [6.07, 6.45) is 5.90. The lowest BCUT2D eigenvalue weighted by Gasteiger charge is -2.31. The molecule has 0 aromatic heterocycles. The first kappa shape index (κ1) is 17.3. The van der Waals surface area contributed by atoms with E-state index in [0.29, 0.717) is 25.2 Å². The Morgan fingerprint density at radius 1 is 1.27 bits per heavy atom. The molecular formula is C18H27ClN2O. The van der Waals surface area contributed by atoms with Crippen LogP contribution in [-0.2, 0) is 11.2 Å². The van der Waals surface area contributed by atoms with Crippen molar-refractivity contribution < 1.29 is 4.79 Å². The van der Waals surface area contributed by atoms with E-state index in [4.69, 9.17) is 11.6 Å². The smallest absolute Gasteiger partial charge is 0.234 e. The first-order valence-electron chi connectivity index (χ1n) is 8.33. The van der Waals surface area contributed by atoms with Crippen molar-refractivity contribution in [1.82, 2.24) is 10.2 Å². The van der Waals surface area contributed by atoms with Crippen LogP contribution in [0, 0.1) is 0 Å². The van der Waals surface area contributed by atoms with Gasteiger partial charge >= 0.3 is 0 Å². The average Bonchev–Trinajstić information content (AvgIpc) is 3.00. The van der Waals surface area contributed by atoms with Gasteiger partial charge in [-0.3, -0.25) is 9.69 Å². The van der Waals surface area contributed by atoms with Crippen LogP contribution in [0.4, 0.5) is 0 Å². The van der Waals surface area contributed by atoms with Crippen molar-refractivity contribution in [3.05, 3.63) is 34.9 Å². The second kappa shape index (κ2) is 8.54. The van der Waals surface area contributed by atoms with E-state index >= 15 is 0 Å². The van der Waals surface area contributed by atoms with Crippen LogP contribution in [0.15, 0.2) is 24.3 Å². The second-order valence-corrected chi connectivity index (χ2v) is 6.87. The number of hydrogen-bond acceptors (Lipinski definition) is 2. The summed E-state index contributed by atoms with van der Waals surface area (Å²) in [5.74, 6) is 0.134. The highest BCUT2D eigenvalue weighted by Crippen LogP contribution is 2.24. The molecule has 3 nitrogen and oxygen atoms in total. The van der Waals surface area contributed by atoms with Gasteiger partial charge in [-0.05, 0) is 50.8 Å². The molecule has 1 aliphatic rings. The largest absolute Gasteiger partial charge is 0.355 e. The Labute approximate surface area is 139 Å². The summed E-state index contributed by atoms with van der Waals surface area (Å²) in [7, 11) is 0. The van der Waals surface area contributed by atoms with E-state index in [1.54, 1.807) is 0 Å². The molecule has 4 heteroatoms. The second-order valence-electron chi connectivity index (χ2n) is 6.43. The lowest BCUT2D eigenvalue weighted by atomic mass is 10.1. The Hall–Kier alpha value is -1.06. The van der Waals surface area contributed by atoms with Crippen LogP contribution < -0.4 is 5.32 Å². The van der Waals surface area contributed by atoms with Gasteiger partial charge in [0.15, 0.2) is 0 Å². The summed E-state index contributed by atoms with van der Waals surface area (Å²) in [5.41, 5.74) is 1.20. The number of rotatable bonds is 7. The van der Waals surface area contributed by atoms with Crippen molar-refractivity contribution in [2.75, 3.05) is 13.1 Å². The molecule has 1 amide bonds. The normalized spacial score (nSPS) is 15.7. The van der Waals surface area contributed by atoms with Crippen LogP contribution in [0.5, 0.6) is 0 Å². The van der Waals surface area contributed by atoms with Gasteiger partial charge < -0.3 is 5.32 Å². The Balaban J connectivity index is 1.75. The number of amides is 1. The number of hydrogen-bond donors (Lipinski definition) is 1. The lowest BCUT2D eigenvalue weighted by molar-refractivity contribution is -0.123. The monoisotopic (exact) mass is 322 g/mol. The highest BCUT2D eigenvalue weighted by molar-refractivity contribution is 6.30. The summed E-state index contributed by atoms with van der Waals surface area (Å²) in [6.45, 7) is 5.55. The fraction of sp³-hybridized carbons (Fsp3) is 0.611. The van der Waals surface area contributed by atoms with Crippen LogP contribution in [0.3, 0.4) is 0 Å². The number of nitrogens with zero attached hydrogens (tertiary/aromatic N) is 1. The molecule has 2 rings (SSSR count). The molecule has 1 aromatic rings. The Morgan fingerprint density at radius 3 is 2.50 bits per heavy atom. The Morgan fingerprint density at radius 2 is 1.91 bits per heavy atom. The zero-order valence-corrected chi connectivity index (χ0v) is 14.4. The zero-order chi connectivity index (χ0) is 15.9. The van der Waals surface area contributed by atoms with E-state index in [9.17, 15) is 4.79 Å². The minimum Gasteiger partial charge on any atom is -0.355 e. The first-order valence-corrected chi connectivity index (χ1v) is 8.71. The fourth-order valence-corrected chi connectivity index (χ4v) is 3.31. The van der Waals surface area contributed by atoms with E-state index < -0.39 is 0 Å². The van der Waals surface area contributed by atoms with Gasteiger partial charge in [0.25, 0.3) is 0 Å². The zero-order valence-electron chi connectivity index (χ0n) is 13.6. The number of benzene rings is 1. The summed E-state index contributed by atoms with van der Waals surface area (Å²) < 4.78 is 0. The lowest BCUT2D eigenvalue weighted by Crippen LogP contribution is -2.45. The van der Waals surface area contributed by atoms with E-state index in [1.165, 1.54) is 31.2 Å². The van der Waals surface area contributed by atoms with Gasteiger partial charge in [-0.25, -0.2) is 0 Å². The van der Waals surface area contributed by atoms with Crippen molar-refractivity contribution >= 4 is 17.5 Å². The number of halogens is 1. The van der Waals surface area contributed by atoms with Crippen LogP contribution in [-0.4, -0.2) is 36.0 Å². The van der Waals surface area contributed by atoms with Gasteiger partial charge in [-0.1, -0.05) is 36.6 Å². The minimum atomic E-state index is 0.134. The highest BCUT2D eigenvalue weighted by Gasteiger charge is 2.26. The van der Waals surface area contributed by atoms with Gasteiger partial charge in [0.05, 0.1) is 6.54 Å². The average molecular weight is 323 g/mol. The SMILES string of the molecule is CC(C)N(CC(=O)NCCc1ccc(Cl)cc1)C1CCCC1. The van der Waals surface area contributed by atoms with Crippen LogP contribution in [0.2, 0.25) is 5.02 Å². The summed E-state index contributed by atoms with van der Waals surface area (Å²) in [5, 5.41) is 3.79. The number of carbonyl (C=O) groups excluding carboxylic acids is 1. The molecule has 22 heavy (non-hydrogen) atoms. The van der Waals surface area contributed by atoms with Gasteiger partial charge in [-0.15, -0.1) is 0 Å². The third kappa shape index (κ3) is 5.29. The Kier molecular flexibility index (Phi) is 6.71. The third-order valence-corrected chi connectivity index (χ3v) is 4.68. The summed E-state index contributed by atoms with van der Waals surface area (Å²) >= 11 is 5.87. The van der Waals surface area contributed by atoms with Gasteiger partial charge in [0, 0.05) is 23.7 Å². The van der Waals surface area contributed by atoms with Crippen molar-refractivity contribution in [3.8, 4) is 0 Å². The topological polar surface area (TPSA) is 32.3 Å². The minimum absolute atomic E-state index is 0.134. The molecular weight excluding hydrogens is 296 g/mol. The highest BCUT2D eigenvalue weighted by atomic mass is 35.5. The van der Waals surface area contributed by atoms with Crippen molar-refractivity contribution in [2.45, 2.75) is 58.0 Å². The molecule has 0 bridgehead atoms. The molecule has 0 unspecified atom stereocenters. The van der Waals surface area contributed by atoms with Gasteiger partial charge in [-0.2, -0.15) is 0 Å². The molecule has 0 spiro atoms. The van der Waals surface area contributed by atoms with Crippen LogP contribution in [0.1, 0.15) is 45.1 Å². The maximum Gasteiger partial charge on any atom is 0.234 e. The maximum atomic E-state index is 12.2. The number of nitrogens with one attached hydrogen (secondary N) is 1. The maximum absolute atomic E-state index is 12.2. The molecule has 1 aromatic carbocycles. The molecule has 122 valence electrons. The van der Waals surface area contributed by atoms with Gasteiger partial charge in [0.1, 0.15) is 0 Å². The predicted octanol–water partition coefficient (Wildman–Crippen LogP) is 3.65. The standard InChI is InChI=1S/C18H27ClN2O/c1-14(2)21(17-5-3-4-6-17)13-18(22)20-12-11-15-7-9-16(19)10-8-15/h7-10,14,17H,3-6,11-13H2,1-2H3,(H,20,22). The van der Waals surface area contributed by atoms with Crippen molar-refractivity contribution in [2.24, 2.45) is 0 Å². The van der Waals surface area contributed by atoms with E-state index in [2.05, 4.69) is 24.1 Å². The molecule has 1 fully saturated rings. The van der Waals surface area contributed by atoms with Crippen LogP contribution >= 0.6 is 11.6 Å². The molecule has 0 heterocycles. The molecule has 0 saturated heterocycles. The molecule has 0 radical (unpaired) electrons. The molecule has 0 atom stereocenters. The Bertz CT molecular complexity index is 466. The summed E-state index contributed by atoms with van der Waals surface area (Å²) in [4.78, 5) is 14.5. The van der Waals surface area contributed by atoms with E-state index in [1.807, 2.05) is 24.3 Å². The molecule has 0 aliphatic heterocycles. The van der Waals surface area contributed by atoms with Crippen molar-refractivity contribution in [1.29, 1.82) is 0 Å². The predicted molar refractivity (Wildman–Crippen MR) is 92.3 cm³/mol. The quantitative estimate of drug-likeness (QED) is 0.831. The third-order valence-electron chi connectivity index (χ3n) is 4.43. The van der Waals surface area contributed by atoms with Crippen LogP contribution in [0.25, 0.3) is 0 Å². The van der Waals surface area contributed by atoms with E-state index in [-0.39, 0.29) is 5.91 Å². The van der Waals surface area contributed by atoms with Crippen molar-refractivity contribution in [3.63, 3.8) is 0 Å². The van der Waals surface area contributed by atoms with Gasteiger partial charge in [0.2, 0.25) is 5.91 Å². The first-order chi connectivity index (χ1) is 10.6. The van der Waals surface area contributed by atoms with E-state index in [0.717, 1.165) is 11.4 Å². The number of carbonyl (C=O) groups is 1. The molecule has 1 aliphatic carbocycles. The summed E-state index contributed by atoms with van der Waals surface area (Å²) in [6, 6.07) is 8.80. The molecule has 1 N–H and O–H groups in total.